The van der Waals surface area contributed by atoms with Gasteiger partial charge in [0, 0.05) is 18.7 Å². The van der Waals surface area contributed by atoms with Crippen molar-refractivity contribution in [1.82, 2.24) is 10.3 Å². The van der Waals surface area contributed by atoms with Crippen molar-refractivity contribution in [3.63, 3.8) is 0 Å². The van der Waals surface area contributed by atoms with Crippen molar-refractivity contribution >= 4 is 5.91 Å². The summed E-state index contributed by atoms with van der Waals surface area (Å²) in [4.78, 5) is 13.5. The summed E-state index contributed by atoms with van der Waals surface area (Å²) in [6, 6.07) is 3.93. The standard InChI is InChI=1S/C12H18N4O2/c1-3-16(7-9(2)6-13)8-10-4-5-18-11(10)12(17)15-14/h4-5,9H,3,7-8,14H2,1-2H3,(H,15,17). The first kappa shape index (κ1) is 14.2. The number of nitriles is 1. The minimum atomic E-state index is -0.445. The number of nitrogens with zero attached hydrogens (tertiary/aromatic N) is 2. The molecule has 0 aliphatic carbocycles. The van der Waals surface area contributed by atoms with Crippen molar-refractivity contribution < 1.29 is 9.21 Å². The minimum Gasteiger partial charge on any atom is -0.459 e. The van der Waals surface area contributed by atoms with Crippen LogP contribution in [0.3, 0.4) is 0 Å². The predicted molar refractivity (Wildman–Crippen MR) is 66.1 cm³/mol. The molecule has 6 nitrogen and oxygen atoms in total. The molecule has 18 heavy (non-hydrogen) atoms. The Morgan fingerprint density at radius 2 is 2.44 bits per heavy atom. The zero-order valence-electron chi connectivity index (χ0n) is 10.6. The van der Waals surface area contributed by atoms with Crippen LogP contribution >= 0.6 is 0 Å². The molecule has 0 saturated carbocycles. The molecule has 3 N–H and O–H groups in total. The number of hydrogen-bond donors (Lipinski definition) is 2. The van der Waals surface area contributed by atoms with Crippen LogP contribution in [0.15, 0.2) is 16.7 Å². The Labute approximate surface area is 106 Å². The Balaban J connectivity index is 2.74. The summed E-state index contributed by atoms with van der Waals surface area (Å²) in [6.07, 6.45) is 1.46. The SMILES string of the molecule is CCN(Cc1ccoc1C(=O)NN)CC(C)C#N. The fourth-order valence-electron chi connectivity index (χ4n) is 1.70. The lowest BCUT2D eigenvalue weighted by molar-refractivity contribution is 0.0923. The van der Waals surface area contributed by atoms with Gasteiger partial charge in [0.15, 0.2) is 5.76 Å². The highest BCUT2D eigenvalue weighted by Crippen LogP contribution is 2.14. The van der Waals surface area contributed by atoms with Gasteiger partial charge in [-0.25, -0.2) is 5.84 Å². The summed E-state index contributed by atoms with van der Waals surface area (Å²) in [7, 11) is 0. The van der Waals surface area contributed by atoms with Crippen LogP contribution in [0.2, 0.25) is 0 Å². The van der Waals surface area contributed by atoms with Gasteiger partial charge in [-0.3, -0.25) is 15.1 Å². The van der Waals surface area contributed by atoms with Gasteiger partial charge in [-0.05, 0) is 19.5 Å². The van der Waals surface area contributed by atoms with Gasteiger partial charge in [0.1, 0.15) is 0 Å². The summed E-state index contributed by atoms with van der Waals surface area (Å²) in [6.45, 7) is 5.88. The minimum absolute atomic E-state index is 0.0522. The molecule has 1 aromatic rings. The molecule has 0 aromatic carbocycles. The lowest BCUT2D eigenvalue weighted by Gasteiger charge is -2.21. The van der Waals surface area contributed by atoms with E-state index in [1.54, 1.807) is 6.07 Å². The molecule has 1 atom stereocenters. The maximum absolute atomic E-state index is 11.4. The number of amides is 1. The van der Waals surface area contributed by atoms with Gasteiger partial charge < -0.3 is 4.42 Å². The van der Waals surface area contributed by atoms with E-state index in [0.29, 0.717) is 13.1 Å². The molecule has 0 saturated heterocycles. The molecule has 1 aromatic heterocycles. The first-order chi connectivity index (χ1) is 8.62. The molecule has 1 rings (SSSR count). The van der Waals surface area contributed by atoms with Crippen molar-refractivity contribution in [2.75, 3.05) is 13.1 Å². The van der Waals surface area contributed by atoms with Gasteiger partial charge in [-0.15, -0.1) is 0 Å². The third-order valence-corrected chi connectivity index (χ3v) is 2.68. The average Bonchev–Trinajstić information content (AvgIpc) is 2.84. The van der Waals surface area contributed by atoms with E-state index in [-0.39, 0.29) is 11.7 Å². The van der Waals surface area contributed by atoms with E-state index in [1.807, 2.05) is 19.3 Å². The quantitative estimate of drug-likeness (QED) is 0.443. The number of nitrogens with one attached hydrogen (secondary N) is 1. The fraction of sp³-hybridized carbons (Fsp3) is 0.500. The molecule has 0 spiro atoms. The summed E-state index contributed by atoms with van der Waals surface area (Å²) in [5.74, 6) is 4.81. The normalized spacial score (nSPS) is 12.2. The van der Waals surface area contributed by atoms with Gasteiger partial charge in [0.25, 0.3) is 0 Å². The van der Waals surface area contributed by atoms with E-state index in [2.05, 4.69) is 11.0 Å². The summed E-state index contributed by atoms with van der Waals surface area (Å²) < 4.78 is 5.11. The van der Waals surface area contributed by atoms with Crippen LogP contribution in [0, 0.1) is 17.2 Å². The highest BCUT2D eigenvalue weighted by atomic mass is 16.3. The van der Waals surface area contributed by atoms with E-state index in [4.69, 9.17) is 15.5 Å². The van der Waals surface area contributed by atoms with E-state index in [0.717, 1.165) is 12.1 Å². The number of carbonyl (C=O) groups is 1. The number of hydrazine groups is 1. The van der Waals surface area contributed by atoms with Gasteiger partial charge in [0.2, 0.25) is 0 Å². The maximum atomic E-state index is 11.4. The third kappa shape index (κ3) is 3.58. The van der Waals surface area contributed by atoms with Gasteiger partial charge >= 0.3 is 5.91 Å². The molecule has 0 radical (unpaired) electrons. The van der Waals surface area contributed by atoms with Gasteiger partial charge in [0.05, 0.1) is 18.3 Å². The van der Waals surface area contributed by atoms with Crippen LogP contribution < -0.4 is 11.3 Å². The highest BCUT2D eigenvalue weighted by molar-refractivity contribution is 5.92. The summed E-state index contributed by atoms with van der Waals surface area (Å²) in [5.41, 5.74) is 2.82. The van der Waals surface area contributed by atoms with Crippen LogP contribution in [-0.4, -0.2) is 23.9 Å². The molecular weight excluding hydrogens is 232 g/mol. The molecule has 1 amide bonds. The molecule has 1 heterocycles. The zero-order valence-corrected chi connectivity index (χ0v) is 10.6. The number of nitrogens with two attached hydrogens (primary N) is 1. The molecule has 0 aliphatic rings. The van der Waals surface area contributed by atoms with E-state index in [9.17, 15) is 4.79 Å². The Bertz CT molecular complexity index is 436. The van der Waals surface area contributed by atoms with E-state index >= 15 is 0 Å². The molecule has 98 valence electrons. The van der Waals surface area contributed by atoms with Crippen LogP contribution in [0.25, 0.3) is 0 Å². The van der Waals surface area contributed by atoms with Crippen LogP contribution in [0.5, 0.6) is 0 Å². The topological polar surface area (TPSA) is 95.3 Å². The van der Waals surface area contributed by atoms with E-state index in [1.165, 1.54) is 6.26 Å². The first-order valence-electron chi connectivity index (χ1n) is 5.81. The molecule has 6 heteroatoms. The lowest BCUT2D eigenvalue weighted by Crippen LogP contribution is -2.32. The average molecular weight is 250 g/mol. The number of rotatable bonds is 6. The lowest BCUT2D eigenvalue weighted by atomic mass is 10.1. The Hall–Kier alpha value is -1.84. The second-order valence-electron chi connectivity index (χ2n) is 4.11. The monoisotopic (exact) mass is 250 g/mol. The van der Waals surface area contributed by atoms with Gasteiger partial charge in [-0.1, -0.05) is 6.92 Å². The molecule has 0 bridgehead atoms. The second kappa shape index (κ2) is 6.79. The molecule has 0 fully saturated rings. The Kier molecular flexibility index (Phi) is 5.36. The fourth-order valence-corrected chi connectivity index (χ4v) is 1.70. The Morgan fingerprint density at radius 3 is 3.00 bits per heavy atom. The van der Waals surface area contributed by atoms with Crippen molar-refractivity contribution in [3.05, 3.63) is 23.7 Å². The zero-order chi connectivity index (χ0) is 13.5. The van der Waals surface area contributed by atoms with Gasteiger partial charge in [-0.2, -0.15) is 5.26 Å². The third-order valence-electron chi connectivity index (χ3n) is 2.68. The molecule has 1 unspecified atom stereocenters. The Morgan fingerprint density at radius 1 is 1.72 bits per heavy atom. The summed E-state index contributed by atoms with van der Waals surface area (Å²) in [5, 5.41) is 8.81. The largest absolute Gasteiger partial charge is 0.459 e. The van der Waals surface area contributed by atoms with Crippen molar-refractivity contribution in [3.8, 4) is 6.07 Å². The van der Waals surface area contributed by atoms with Crippen LogP contribution in [0.1, 0.15) is 30.0 Å². The van der Waals surface area contributed by atoms with Crippen molar-refractivity contribution in [2.24, 2.45) is 11.8 Å². The second-order valence-corrected chi connectivity index (χ2v) is 4.11. The van der Waals surface area contributed by atoms with Crippen molar-refractivity contribution in [1.29, 1.82) is 5.26 Å². The van der Waals surface area contributed by atoms with Crippen LogP contribution in [0.4, 0.5) is 0 Å². The first-order valence-corrected chi connectivity index (χ1v) is 5.81. The van der Waals surface area contributed by atoms with Crippen LogP contribution in [-0.2, 0) is 6.54 Å². The predicted octanol–water partition coefficient (Wildman–Crippen LogP) is 0.865. The van der Waals surface area contributed by atoms with E-state index < -0.39 is 5.91 Å². The smallest absolute Gasteiger partial charge is 0.301 e. The molecule has 0 aliphatic heterocycles. The number of furan rings is 1. The number of nitrogen functional groups attached to an aromatic ring is 1. The number of carbonyl (C=O) groups excluding carboxylic acids is 1. The highest BCUT2D eigenvalue weighted by Gasteiger charge is 2.17. The molecular formula is C12H18N4O2. The number of hydrogen-bond acceptors (Lipinski definition) is 5. The summed E-state index contributed by atoms with van der Waals surface area (Å²) >= 11 is 0. The van der Waals surface area contributed by atoms with Crippen molar-refractivity contribution in [2.45, 2.75) is 20.4 Å². The maximum Gasteiger partial charge on any atom is 0.301 e.